The first-order valence-corrected chi connectivity index (χ1v) is 9.17. The van der Waals surface area contributed by atoms with Gasteiger partial charge in [0, 0.05) is 36.9 Å². The van der Waals surface area contributed by atoms with Crippen LogP contribution in [0.1, 0.15) is 17.5 Å². The SMILES string of the molecule is COc1ccc2c(c1)CC1(CCN(c3ccc(C4=CCN=C4)cc3)C1=O)O2. The van der Waals surface area contributed by atoms with E-state index in [0.717, 1.165) is 40.4 Å². The maximum Gasteiger partial charge on any atom is 0.271 e. The summed E-state index contributed by atoms with van der Waals surface area (Å²) < 4.78 is 11.4. The Morgan fingerprint density at radius 2 is 2.04 bits per heavy atom. The Balaban J connectivity index is 1.38. The van der Waals surface area contributed by atoms with Crippen molar-refractivity contribution in [3.63, 3.8) is 0 Å². The summed E-state index contributed by atoms with van der Waals surface area (Å²) in [7, 11) is 1.65. The Hall–Kier alpha value is -3.08. The van der Waals surface area contributed by atoms with Crippen molar-refractivity contribution in [3.8, 4) is 11.5 Å². The van der Waals surface area contributed by atoms with E-state index < -0.39 is 5.60 Å². The molecular weight excluding hydrogens is 340 g/mol. The van der Waals surface area contributed by atoms with Gasteiger partial charge in [0.05, 0.1) is 13.7 Å². The van der Waals surface area contributed by atoms with Gasteiger partial charge in [-0.2, -0.15) is 0 Å². The molecule has 0 aliphatic carbocycles. The average Bonchev–Trinajstić information content (AvgIpc) is 3.42. The second-order valence-electron chi connectivity index (χ2n) is 7.15. The third kappa shape index (κ3) is 2.53. The van der Waals surface area contributed by atoms with Crippen LogP contribution in [0.25, 0.3) is 5.57 Å². The highest BCUT2D eigenvalue weighted by Crippen LogP contribution is 2.43. The number of rotatable bonds is 3. The summed E-state index contributed by atoms with van der Waals surface area (Å²) in [5, 5.41) is 0. The number of carbonyl (C=O) groups excluding carboxylic acids is 1. The molecule has 2 aromatic carbocycles. The summed E-state index contributed by atoms with van der Waals surface area (Å²) in [6.45, 7) is 1.40. The molecule has 5 rings (SSSR count). The first-order chi connectivity index (χ1) is 13.2. The molecular formula is C22H20N2O3. The highest BCUT2D eigenvalue weighted by atomic mass is 16.5. The van der Waals surface area contributed by atoms with Crippen LogP contribution >= 0.6 is 0 Å². The minimum atomic E-state index is -0.784. The molecule has 0 aromatic heterocycles. The second kappa shape index (κ2) is 5.98. The molecule has 0 saturated carbocycles. The highest BCUT2D eigenvalue weighted by Gasteiger charge is 2.53. The van der Waals surface area contributed by atoms with Gasteiger partial charge in [-0.25, -0.2) is 0 Å². The number of carbonyl (C=O) groups is 1. The molecule has 1 unspecified atom stereocenters. The molecule has 2 aromatic rings. The van der Waals surface area contributed by atoms with Crippen LogP contribution in [0.15, 0.2) is 53.5 Å². The van der Waals surface area contributed by atoms with Crippen molar-refractivity contribution in [3.05, 3.63) is 59.7 Å². The minimum Gasteiger partial charge on any atom is -0.497 e. The van der Waals surface area contributed by atoms with Gasteiger partial charge >= 0.3 is 0 Å². The highest BCUT2D eigenvalue weighted by molar-refractivity contribution is 6.11. The fraction of sp³-hybridized carbons (Fsp3) is 0.273. The van der Waals surface area contributed by atoms with Gasteiger partial charge in [-0.05, 0) is 41.5 Å². The molecule has 0 bridgehead atoms. The molecule has 3 aliphatic rings. The average molecular weight is 360 g/mol. The van der Waals surface area contributed by atoms with E-state index in [1.54, 1.807) is 7.11 Å². The molecule has 0 N–H and O–H groups in total. The molecule has 5 heteroatoms. The van der Waals surface area contributed by atoms with E-state index >= 15 is 0 Å². The molecule has 136 valence electrons. The Morgan fingerprint density at radius 1 is 1.19 bits per heavy atom. The lowest BCUT2D eigenvalue weighted by atomic mass is 9.95. The number of anilines is 1. The predicted octanol–water partition coefficient (Wildman–Crippen LogP) is 3.27. The maximum atomic E-state index is 13.2. The number of fused-ring (bicyclic) bond motifs is 1. The summed E-state index contributed by atoms with van der Waals surface area (Å²) in [6.07, 6.45) is 5.27. The third-order valence-corrected chi connectivity index (χ3v) is 5.58. The summed E-state index contributed by atoms with van der Waals surface area (Å²) in [5.41, 5.74) is 3.42. The van der Waals surface area contributed by atoms with E-state index in [4.69, 9.17) is 9.47 Å². The number of allylic oxidation sites excluding steroid dienone is 1. The molecule has 1 spiro atoms. The van der Waals surface area contributed by atoms with E-state index in [9.17, 15) is 4.79 Å². The maximum absolute atomic E-state index is 13.2. The molecule has 1 saturated heterocycles. The van der Waals surface area contributed by atoms with Crippen molar-refractivity contribution < 1.29 is 14.3 Å². The topological polar surface area (TPSA) is 51.1 Å². The van der Waals surface area contributed by atoms with Gasteiger partial charge in [0.2, 0.25) is 0 Å². The smallest absolute Gasteiger partial charge is 0.271 e. The Morgan fingerprint density at radius 3 is 2.78 bits per heavy atom. The summed E-state index contributed by atoms with van der Waals surface area (Å²) >= 11 is 0. The second-order valence-corrected chi connectivity index (χ2v) is 7.15. The third-order valence-electron chi connectivity index (χ3n) is 5.58. The van der Waals surface area contributed by atoms with Crippen LogP contribution in [0.3, 0.4) is 0 Å². The van der Waals surface area contributed by atoms with E-state index in [-0.39, 0.29) is 5.91 Å². The molecule has 27 heavy (non-hydrogen) atoms. The largest absolute Gasteiger partial charge is 0.497 e. The molecule has 1 amide bonds. The van der Waals surface area contributed by atoms with Crippen molar-refractivity contribution in [2.75, 3.05) is 25.1 Å². The number of aliphatic imine (C=N–C) groups is 1. The lowest BCUT2D eigenvalue weighted by Crippen LogP contribution is -2.44. The van der Waals surface area contributed by atoms with E-state index in [0.29, 0.717) is 19.4 Å². The van der Waals surface area contributed by atoms with Crippen LogP contribution in [0.2, 0.25) is 0 Å². The fourth-order valence-electron chi connectivity index (χ4n) is 4.11. The summed E-state index contributed by atoms with van der Waals surface area (Å²) in [5.74, 6) is 1.61. The first kappa shape index (κ1) is 16.1. The lowest BCUT2D eigenvalue weighted by molar-refractivity contribution is -0.129. The van der Waals surface area contributed by atoms with Crippen LogP contribution in [0, 0.1) is 0 Å². The Labute approximate surface area is 157 Å². The van der Waals surface area contributed by atoms with Gasteiger partial charge in [-0.15, -0.1) is 0 Å². The van der Waals surface area contributed by atoms with Crippen LogP contribution in [0.5, 0.6) is 11.5 Å². The van der Waals surface area contributed by atoms with Gasteiger partial charge in [0.1, 0.15) is 11.5 Å². The zero-order chi connectivity index (χ0) is 18.4. The number of hydrogen-bond acceptors (Lipinski definition) is 4. The van der Waals surface area contributed by atoms with Gasteiger partial charge in [0.25, 0.3) is 5.91 Å². The number of ether oxygens (including phenoxy) is 2. The number of hydrogen-bond donors (Lipinski definition) is 0. The molecule has 3 heterocycles. The molecule has 3 aliphatic heterocycles. The van der Waals surface area contributed by atoms with Gasteiger partial charge in [-0.1, -0.05) is 18.2 Å². The number of nitrogens with zero attached hydrogens (tertiary/aromatic N) is 2. The summed E-state index contributed by atoms with van der Waals surface area (Å²) in [4.78, 5) is 19.3. The van der Waals surface area contributed by atoms with Crippen LogP contribution in [-0.2, 0) is 11.2 Å². The standard InChI is InChI=1S/C22H20N2O3/c1-26-19-6-7-20-17(12-19)13-22(27-20)9-11-24(21(22)25)18-4-2-15(3-5-18)16-8-10-23-14-16/h2-8,12,14H,9-11,13H2,1H3. The van der Waals surface area contributed by atoms with Gasteiger partial charge in [-0.3, -0.25) is 9.79 Å². The van der Waals surface area contributed by atoms with Crippen molar-refractivity contribution in [1.29, 1.82) is 0 Å². The van der Waals surface area contributed by atoms with Crippen LogP contribution in [-0.4, -0.2) is 37.9 Å². The molecule has 0 radical (unpaired) electrons. The summed E-state index contributed by atoms with van der Waals surface area (Å²) in [6, 6.07) is 13.8. The van der Waals surface area contributed by atoms with Crippen molar-refractivity contribution >= 4 is 23.4 Å². The van der Waals surface area contributed by atoms with E-state index in [1.807, 2.05) is 53.6 Å². The van der Waals surface area contributed by atoms with Crippen LogP contribution in [0.4, 0.5) is 5.69 Å². The Kier molecular flexibility index (Phi) is 3.57. The molecule has 1 atom stereocenters. The number of methoxy groups -OCH3 is 1. The number of benzene rings is 2. The van der Waals surface area contributed by atoms with Crippen molar-refractivity contribution in [1.82, 2.24) is 0 Å². The van der Waals surface area contributed by atoms with Crippen molar-refractivity contribution in [2.45, 2.75) is 18.4 Å². The van der Waals surface area contributed by atoms with Crippen molar-refractivity contribution in [2.24, 2.45) is 4.99 Å². The van der Waals surface area contributed by atoms with E-state index in [2.05, 4.69) is 11.1 Å². The normalized spacial score (nSPS) is 22.9. The monoisotopic (exact) mass is 360 g/mol. The molecule has 5 nitrogen and oxygen atoms in total. The number of amides is 1. The van der Waals surface area contributed by atoms with Crippen LogP contribution < -0.4 is 14.4 Å². The quantitative estimate of drug-likeness (QED) is 0.844. The van der Waals surface area contributed by atoms with Gasteiger partial charge < -0.3 is 14.4 Å². The zero-order valence-corrected chi connectivity index (χ0v) is 15.1. The zero-order valence-electron chi connectivity index (χ0n) is 15.1. The molecule has 1 fully saturated rings. The Bertz CT molecular complexity index is 978. The predicted molar refractivity (Wildman–Crippen MR) is 105 cm³/mol. The van der Waals surface area contributed by atoms with Gasteiger partial charge in [0.15, 0.2) is 5.60 Å². The fourth-order valence-corrected chi connectivity index (χ4v) is 4.11. The first-order valence-electron chi connectivity index (χ1n) is 9.17. The van der Waals surface area contributed by atoms with E-state index in [1.165, 1.54) is 0 Å². The lowest BCUT2D eigenvalue weighted by Gasteiger charge is -2.23. The minimum absolute atomic E-state index is 0.0343.